The molecule has 1 aromatic carbocycles. The molecule has 2 nitrogen and oxygen atoms in total. The molecule has 0 amide bonds. The first-order valence-electron chi connectivity index (χ1n) is 7.02. The van der Waals surface area contributed by atoms with E-state index in [0.29, 0.717) is 0 Å². The van der Waals surface area contributed by atoms with Crippen LogP contribution < -0.4 is 5.32 Å². The lowest BCUT2D eigenvalue weighted by atomic mass is 10.1. The van der Waals surface area contributed by atoms with E-state index in [9.17, 15) is 0 Å². The molecule has 1 aliphatic carbocycles. The quantitative estimate of drug-likeness (QED) is 0.923. The highest BCUT2D eigenvalue weighted by atomic mass is 79.9. The van der Waals surface area contributed by atoms with E-state index >= 15 is 0 Å². The Balaban J connectivity index is 1.65. The molecule has 1 aliphatic heterocycles. The predicted octanol–water partition coefficient (Wildman–Crippen LogP) is 3.02. The molecule has 1 atom stereocenters. The molecular weight excluding hydrogens is 288 g/mol. The first-order chi connectivity index (χ1) is 8.83. The summed E-state index contributed by atoms with van der Waals surface area (Å²) >= 11 is 3.66. The minimum Gasteiger partial charge on any atom is -0.312 e. The van der Waals surface area contributed by atoms with E-state index in [0.717, 1.165) is 18.5 Å². The summed E-state index contributed by atoms with van der Waals surface area (Å²) in [6.07, 6.45) is 4.13. The van der Waals surface area contributed by atoms with Crippen LogP contribution in [0.4, 0.5) is 0 Å². The fourth-order valence-corrected chi connectivity index (χ4v) is 3.26. The SMILES string of the molecule is Brc1ccccc1CN1CCCNC(C2CC2)C1. The van der Waals surface area contributed by atoms with E-state index < -0.39 is 0 Å². The zero-order chi connectivity index (χ0) is 12.4. The van der Waals surface area contributed by atoms with Crippen molar-refractivity contribution in [1.29, 1.82) is 0 Å². The minimum absolute atomic E-state index is 0.731. The van der Waals surface area contributed by atoms with Crippen molar-refractivity contribution < 1.29 is 0 Å². The van der Waals surface area contributed by atoms with Crippen molar-refractivity contribution in [1.82, 2.24) is 10.2 Å². The molecule has 1 N–H and O–H groups in total. The predicted molar refractivity (Wildman–Crippen MR) is 78.6 cm³/mol. The summed E-state index contributed by atoms with van der Waals surface area (Å²) in [6.45, 7) is 4.70. The van der Waals surface area contributed by atoms with Gasteiger partial charge < -0.3 is 5.32 Å². The molecule has 2 fully saturated rings. The summed E-state index contributed by atoms with van der Waals surface area (Å²) in [4.78, 5) is 2.61. The Morgan fingerprint density at radius 2 is 2.11 bits per heavy atom. The monoisotopic (exact) mass is 308 g/mol. The number of hydrogen-bond acceptors (Lipinski definition) is 2. The highest BCUT2D eigenvalue weighted by molar-refractivity contribution is 9.10. The van der Waals surface area contributed by atoms with Gasteiger partial charge >= 0.3 is 0 Å². The Bertz CT molecular complexity index is 403. The number of benzene rings is 1. The number of halogens is 1. The molecule has 1 heterocycles. The second-order valence-corrected chi connectivity index (χ2v) is 6.43. The Kier molecular flexibility index (Phi) is 4.02. The zero-order valence-corrected chi connectivity index (χ0v) is 12.3. The van der Waals surface area contributed by atoms with Gasteiger partial charge in [0.25, 0.3) is 0 Å². The molecule has 0 bridgehead atoms. The third-order valence-electron chi connectivity index (χ3n) is 4.06. The number of rotatable bonds is 3. The highest BCUT2D eigenvalue weighted by Crippen LogP contribution is 2.33. The number of nitrogens with zero attached hydrogens (tertiary/aromatic N) is 1. The molecule has 0 aromatic heterocycles. The van der Waals surface area contributed by atoms with Gasteiger partial charge in [-0.1, -0.05) is 34.1 Å². The van der Waals surface area contributed by atoms with Crippen LogP contribution in [0.2, 0.25) is 0 Å². The van der Waals surface area contributed by atoms with Gasteiger partial charge in [-0.3, -0.25) is 4.90 Å². The topological polar surface area (TPSA) is 15.3 Å². The Labute approximate surface area is 118 Å². The van der Waals surface area contributed by atoms with Crippen molar-refractivity contribution in [2.75, 3.05) is 19.6 Å². The maximum atomic E-state index is 3.72. The zero-order valence-electron chi connectivity index (χ0n) is 10.7. The average Bonchev–Trinajstić information content (AvgIpc) is 3.18. The van der Waals surface area contributed by atoms with Crippen LogP contribution in [-0.2, 0) is 6.54 Å². The molecule has 3 heteroatoms. The molecule has 1 saturated carbocycles. The normalized spacial score (nSPS) is 25.9. The fourth-order valence-electron chi connectivity index (χ4n) is 2.85. The van der Waals surface area contributed by atoms with Gasteiger partial charge in [0.1, 0.15) is 0 Å². The molecule has 0 spiro atoms. The van der Waals surface area contributed by atoms with Crippen LogP contribution >= 0.6 is 15.9 Å². The van der Waals surface area contributed by atoms with Crippen molar-refractivity contribution in [3.63, 3.8) is 0 Å². The molecule has 1 saturated heterocycles. The standard InChI is InChI=1S/C15H21BrN2/c16-14-5-2-1-4-13(14)10-18-9-3-8-17-15(11-18)12-6-7-12/h1-2,4-5,12,15,17H,3,6-11H2. The summed E-state index contributed by atoms with van der Waals surface area (Å²) in [6, 6.07) is 9.33. The van der Waals surface area contributed by atoms with E-state index in [2.05, 4.69) is 50.4 Å². The van der Waals surface area contributed by atoms with Crippen molar-refractivity contribution in [2.24, 2.45) is 5.92 Å². The van der Waals surface area contributed by atoms with Crippen molar-refractivity contribution >= 4 is 15.9 Å². The second-order valence-electron chi connectivity index (χ2n) is 5.58. The lowest BCUT2D eigenvalue weighted by Crippen LogP contribution is -2.39. The number of nitrogens with one attached hydrogen (secondary N) is 1. The molecule has 1 unspecified atom stereocenters. The Morgan fingerprint density at radius 1 is 1.28 bits per heavy atom. The van der Waals surface area contributed by atoms with Crippen LogP contribution in [0.3, 0.4) is 0 Å². The van der Waals surface area contributed by atoms with Gasteiger partial charge in [-0.05, 0) is 49.9 Å². The van der Waals surface area contributed by atoms with Crippen LogP contribution in [0.1, 0.15) is 24.8 Å². The van der Waals surface area contributed by atoms with Gasteiger partial charge in [0.05, 0.1) is 0 Å². The first kappa shape index (κ1) is 12.6. The summed E-state index contributed by atoms with van der Waals surface area (Å²) < 4.78 is 1.24. The molecular formula is C15H21BrN2. The average molecular weight is 309 g/mol. The van der Waals surface area contributed by atoms with E-state index in [1.54, 1.807) is 0 Å². The molecule has 1 aromatic rings. The van der Waals surface area contributed by atoms with Crippen LogP contribution in [-0.4, -0.2) is 30.6 Å². The van der Waals surface area contributed by atoms with Gasteiger partial charge in [0.2, 0.25) is 0 Å². The van der Waals surface area contributed by atoms with Gasteiger partial charge in [-0.15, -0.1) is 0 Å². The fraction of sp³-hybridized carbons (Fsp3) is 0.600. The van der Waals surface area contributed by atoms with Crippen molar-refractivity contribution in [3.05, 3.63) is 34.3 Å². The summed E-state index contributed by atoms with van der Waals surface area (Å²) in [5.41, 5.74) is 1.41. The van der Waals surface area contributed by atoms with E-state index in [1.807, 2.05) is 0 Å². The van der Waals surface area contributed by atoms with Gasteiger partial charge in [-0.25, -0.2) is 0 Å². The summed E-state index contributed by atoms with van der Waals surface area (Å²) in [7, 11) is 0. The van der Waals surface area contributed by atoms with Crippen LogP contribution in [0.15, 0.2) is 28.7 Å². The highest BCUT2D eigenvalue weighted by Gasteiger charge is 2.33. The van der Waals surface area contributed by atoms with Crippen molar-refractivity contribution in [2.45, 2.75) is 31.8 Å². The molecule has 2 aliphatic rings. The third kappa shape index (κ3) is 3.14. The first-order valence-corrected chi connectivity index (χ1v) is 7.81. The molecule has 0 radical (unpaired) electrons. The second kappa shape index (κ2) is 5.72. The molecule has 3 rings (SSSR count). The lowest BCUT2D eigenvalue weighted by Gasteiger charge is -2.24. The van der Waals surface area contributed by atoms with Gasteiger partial charge in [0.15, 0.2) is 0 Å². The largest absolute Gasteiger partial charge is 0.312 e. The smallest absolute Gasteiger partial charge is 0.0245 e. The van der Waals surface area contributed by atoms with Gasteiger partial charge in [0, 0.05) is 23.6 Å². The lowest BCUT2D eigenvalue weighted by molar-refractivity contribution is 0.250. The van der Waals surface area contributed by atoms with E-state index in [1.165, 1.54) is 48.9 Å². The Hall–Kier alpha value is -0.380. The van der Waals surface area contributed by atoms with E-state index in [4.69, 9.17) is 0 Å². The minimum atomic E-state index is 0.731. The maximum absolute atomic E-state index is 3.72. The molecule has 98 valence electrons. The van der Waals surface area contributed by atoms with Crippen LogP contribution in [0.25, 0.3) is 0 Å². The third-order valence-corrected chi connectivity index (χ3v) is 4.83. The Morgan fingerprint density at radius 3 is 2.89 bits per heavy atom. The summed E-state index contributed by atoms with van der Waals surface area (Å²) in [5.74, 6) is 0.949. The van der Waals surface area contributed by atoms with Gasteiger partial charge in [-0.2, -0.15) is 0 Å². The van der Waals surface area contributed by atoms with Crippen LogP contribution in [0.5, 0.6) is 0 Å². The maximum Gasteiger partial charge on any atom is 0.0245 e. The van der Waals surface area contributed by atoms with Crippen LogP contribution in [0, 0.1) is 5.92 Å². The molecule has 18 heavy (non-hydrogen) atoms. The van der Waals surface area contributed by atoms with Crippen molar-refractivity contribution in [3.8, 4) is 0 Å². The van der Waals surface area contributed by atoms with E-state index in [-0.39, 0.29) is 0 Å². The summed E-state index contributed by atoms with van der Waals surface area (Å²) in [5, 5.41) is 3.72. The number of hydrogen-bond donors (Lipinski definition) is 1.